The molecule has 10 atom stereocenters. The molecule has 6 fully saturated rings. The number of allylic oxidation sites excluding steroid dienone is 1. The fraction of sp³-hybridized carbons (Fsp3) is 0.719. The quantitative estimate of drug-likeness (QED) is 0.109. The number of ether oxygens (including phenoxy) is 2. The molecule has 2 aromatic rings. The highest BCUT2D eigenvalue weighted by molar-refractivity contribution is 5.82. The summed E-state index contributed by atoms with van der Waals surface area (Å²) in [5.74, 6) is 2.62. The Bertz CT molecular complexity index is 1940. The second-order valence-corrected chi connectivity index (χ2v) is 24.1. The first-order valence-electron chi connectivity index (χ1n) is 25.7. The van der Waals surface area contributed by atoms with E-state index in [1.807, 2.05) is 30.3 Å². The van der Waals surface area contributed by atoms with Crippen LogP contribution in [0.25, 0.3) is 0 Å². The molecule has 5 aliphatic carbocycles. The minimum atomic E-state index is -0.962. The van der Waals surface area contributed by atoms with Crippen LogP contribution >= 0.6 is 0 Å². The number of piperazine rings is 1. The number of benzene rings is 2. The van der Waals surface area contributed by atoms with Crippen molar-refractivity contribution in [2.45, 2.75) is 152 Å². The normalized spacial score (nSPS) is 36.2. The van der Waals surface area contributed by atoms with E-state index in [0.29, 0.717) is 28.6 Å². The molecule has 0 unspecified atom stereocenters. The zero-order valence-corrected chi connectivity index (χ0v) is 41.3. The van der Waals surface area contributed by atoms with Crippen molar-refractivity contribution in [2.75, 3.05) is 45.8 Å². The molecule has 0 bridgehead atoms. The zero-order valence-electron chi connectivity index (χ0n) is 41.3. The van der Waals surface area contributed by atoms with Gasteiger partial charge in [0.25, 0.3) is 0 Å². The van der Waals surface area contributed by atoms with E-state index in [4.69, 9.17) is 9.47 Å². The van der Waals surface area contributed by atoms with Gasteiger partial charge >= 0.3 is 11.9 Å². The first-order chi connectivity index (χ1) is 30.4. The van der Waals surface area contributed by atoms with Crippen LogP contribution in [-0.2, 0) is 32.2 Å². The lowest BCUT2D eigenvalue weighted by atomic mass is 9.32. The van der Waals surface area contributed by atoms with Crippen molar-refractivity contribution in [3.05, 3.63) is 83.9 Å². The number of hydrogen-bond donors (Lipinski definition) is 1. The van der Waals surface area contributed by atoms with Crippen LogP contribution in [0.15, 0.2) is 72.8 Å². The maximum absolute atomic E-state index is 13.7. The first kappa shape index (κ1) is 47.5. The smallest absolute Gasteiger partial charge is 0.312 e. The van der Waals surface area contributed by atoms with E-state index in [2.05, 4.69) is 93.6 Å². The van der Waals surface area contributed by atoms with Gasteiger partial charge in [-0.2, -0.15) is 0 Å². The summed E-state index contributed by atoms with van der Waals surface area (Å²) in [6, 6.07) is 20.6. The Hall–Kier alpha value is -3.00. The molecule has 6 aliphatic rings. The Morgan fingerprint density at radius 1 is 0.750 bits per heavy atom. The van der Waals surface area contributed by atoms with E-state index < -0.39 is 5.41 Å². The van der Waals surface area contributed by atoms with Crippen LogP contribution in [0.5, 0.6) is 0 Å². The summed E-state index contributed by atoms with van der Waals surface area (Å²) < 4.78 is 12.1. The number of hydrogen-bond acceptors (Lipinski definition) is 7. The summed E-state index contributed by atoms with van der Waals surface area (Å²) in [6.07, 6.45) is 13.7. The van der Waals surface area contributed by atoms with Crippen LogP contribution in [0.2, 0.25) is 0 Å². The largest absolute Gasteiger partial charge is 0.462 e. The number of fused-ring (bicyclic) bond motifs is 7. The second kappa shape index (κ2) is 18.6. The van der Waals surface area contributed by atoms with Gasteiger partial charge < -0.3 is 14.8 Å². The van der Waals surface area contributed by atoms with E-state index >= 15 is 0 Å². The highest BCUT2D eigenvalue weighted by Gasteiger charge is 2.71. The van der Waals surface area contributed by atoms with Crippen molar-refractivity contribution in [3.8, 4) is 0 Å². The van der Waals surface area contributed by atoms with Gasteiger partial charge in [-0.25, -0.2) is 0 Å². The summed E-state index contributed by atoms with van der Waals surface area (Å²) in [5.41, 5.74) is 3.88. The highest BCUT2D eigenvalue weighted by Crippen LogP contribution is 2.78. The van der Waals surface area contributed by atoms with Crippen molar-refractivity contribution in [3.63, 3.8) is 0 Å². The molecule has 7 nitrogen and oxygen atoms in total. The summed E-state index contributed by atoms with van der Waals surface area (Å²) in [5, 5.41) is 3.97. The molecule has 1 saturated heterocycles. The van der Waals surface area contributed by atoms with Gasteiger partial charge in [0.15, 0.2) is 0 Å². The Balaban J connectivity index is 0.875. The number of rotatable bonds is 15. The molecular formula is C57H85N3O4. The molecule has 1 heterocycles. The molecule has 1 N–H and O–H groups in total. The van der Waals surface area contributed by atoms with Crippen LogP contribution in [0, 0.1) is 62.1 Å². The third-order valence-corrected chi connectivity index (χ3v) is 19.9. The van der Waals surface area contributed by atoms with Crippen molar-refractivity contribution >= 4 is 11.9 Å². The number of carbonyl (C=O) groups excluding carboxylic acids is 2. The predicted molar refractivity (Wildman–Crippen MR) is 259 cm³/mol. The monoisotopic (exact) mass is 876 g/mol. The fourth-order valence-electron chi connectivity index (χ4n) is 16.2. The van der Waals surface area contributed by atoms with Gasteiger partial charge in [0.2, 0.25) is 0 Å². The Labute approximate surface area is 388 Å². The van der Waals surface area contributed by atoms with Crippen molar-refractivity contribution < 1.29 is 19.1 Å². The second-order valence-electron chi connectivity index (χ2n) is 24.1. The average Bonchev–Trinajstić information content (AvgIpc) is 3.65. The van der Waals surface area contributed by atoms with Gasteiger partial charge in [-0.3, -0.25) is 19.4 Å². The van der Waals surface area contributed by atoms with Gasteiger partial charge in [0, 0.05) is 51.2 Å². The molecule has 0 amide bonds. The molecule has 8 rings (SSSR count). The van der Waals surface area contributed by atoms with Crippen LogP contribution in [0.3, 0.4) is 0 Å². The minimum Gasteiger partial charge on any atom is -0.462 e. The lowest BCUT2D eigenvalue weighted by Gasteiger charge is -2.73. The molecule has 352 valence electrons. The molecule has 0 aromatic heterocycles. The minimum absolute atomic E-state index is 0.0208. The first-order valence-corrected chi connectivity index (χ1v) is 25.7. The molecule has 7 heteroatoms. The standard InChI is InChI=1S/C57H85N3O4/c1-41(2)44-22-27-57(30-31-58-32-33-59-34-36-60(37-35-59)39-42-16-12-10-13-17-42)29-28-55(8)45(50(44)57)20-21-47-54(7)25-24-48(53(5,6)46(54)23-26-56(47,55)9)64-49(61)38-52(3,4)51(62)63-40-43-18-14-11-15-19-43/h10-19,44-48,50,58H,1,20-40H2,2-9H3/t44-,45+,46-,47+,48-,50+,54-,55+,56+,57+/m0/s1. The topological polar surface area (TPSA) is 71.1 Å². The van der Waals surface area contributed by atoms with E-state index in [1.165, 1.54) is 82.0 Å². The molecule has 0 radical (unpaired) electrons. The number of nitrogens with one attached hydrogen (secondary N) is 1. The Morgan fingerprint density at radius 2 is 1.42 bits per heavy atom. The molecule has 0 spiro atoms. The fourth-order valence-corrected chi connectivity index (χ4v) is 16.2. The van der Waals surface area contributed by atoms with Crippen molar-refractivity contribution in [2.24, 2.45) is 62.1 Å². The molecule has 5 saturated carbocycles. The predicted octanol–water partition coefficient (Wildman–Crippen LogP) is 11.5. The number of esters is 2. The van der Waals surface area contributed by atoms with Gasteiger partial charge in [0.05, 0.1) is 11.8 Å². The van der Waals surface area contributed by atoms with E-state index in [0.717, 1.165) is 69.5 Å². The van der Waals surface area contributed by atoms with Gasteiger partial charge in [-0.05, 0) is 160 Å². The number of nitrogens with zero attached hydrogens (tertiary/aromatic N) is 2. The summed E-state index contributed by atoms with van der Waals surface area (Å²) >= 11 is 0. The van der Waals surface area contributed by atoms with Gasteiger partial charge in [0.1, 0.15) is 12.7 Å². The molecule has 2 aromatic carbocycles. The van der Waals surface area contributed by atoms with E-state index in [1.54, 1.807) is 13.8 Å². The Kier molecular flexibility index (Phi) is 13.8. The van der Waals surface area contributed by atoms with Crippen LogP contribution < -0.4 is 5.32 Å². The zero-order chi connectivity index (χ0) is 45.5. The molecule has 1 aliphatic heterocycles. The maximum atomic E-state index is 13.7. The lowest BCUT2D eigenvalue weighted by molar-refractivity contribution is -0.250. The molecular weight excluding hydrogens is 791 g/mol. The van der Waals surface area contributed by atoms with Gasteiger partial charge in [-0.15, -0.1) is 0 Å². The number of carbonyl (C=O) groups is 2. The van der Waals surface area contributed by atoms with E-state index in [9.17, 15) is 9.59 Å². The highest BCUT2D eigenvalue weighted by atomic mass is 16.5. The third-order valence-electron chi connectivity index (χ3n) is 19.9. The van der Waals surface area contributed by atoms with Gasteiger partial charge in [-0.1, -0.05) is 107 Å². The SMILES string of the molecule is C=C(C)[C@@H]1CC[C@]2(CCNCCN3CCN(Cc4ccccc4)CC3)CC[C@]3(C)[C@H](CC[C@@H]4[C@@]5(C)CC[C@H](OC(=O)CC(C)(C)C(=O)OCc6ccccc6)C(C)(C)[C@@H]5CC[C@]43C)[C@@H]12. The van der Waals surface area contributed by atoms with Crippen LogP contribution in [0.4, 0.5) is 0 Å². The Morgan fingerprint density at radius 3 is 2.11 bits per heavy atom. The average molecular weight is 876 g/mol. The summed E-state index contributed by atoms with van der Waals surface area (Å²) in [6.45, 7) is 32.8. The van der Waals surface area contributed by atoms with E-state index in [-0.39, 0.29) is 47.3 Å². The van der Waals surface area contributed by atoms with Crippen molar-refractivity contribution in [1.29, 1.82) is 0 Å². The molecule has 64 heavy (non-hydrogen) atoms. The maximum Gasteiger partial charge on any atom is 0.312 e. The summed E-state index contributed by atoms with van der Waals surface area (Å²) in [7, 11) is 0. The van der Waals surface area contributed by atoms with Crippen molar-refractivity contribution in [1.82, 2.24) is 15.1 Å². The summed E-state index contributed by atoms with van der Waals surface area (Å²) in [4.78, 5) is 32.1. The van der Waals surface area contributed by atoms with Crippen LogP contribution in [0.1, 0.15) is 144 Å². The lowest BCUT2D eigenvalue weighted by Crippen LogP contribution is -2.66. The van der Waals surface area contributed by atoms with Crippen LogP contribution in [-0.4, -0.2) is 73.7 Å². The third kappa shape index (κ3) is 8.94.